The number of carbonyl (C=O) groups is 1. The van der Waals surface area contributed by atoms with Crippen LogP contribution < -0.4 is 5.32 Å². The standard InChI is InChI=1S/C19H20N6O2/c26-17(16-12-21-8-9-22-16)23-10-13-3-5-14(6-4-13)18-24-25-19(27-18)15-2-1-7-20-11-15/h1-2,7-9,11-14H,3-6,10H2,(H,23,26). The average molecular weight is 364 g/mol. The molecule has 0 saturated heterocycles. The molecule has 0 spiro atoms. The van der Waals surface area contributed by atoms with Crippen molar-refractivity contribution < 1.29 is 9.21 Å². The minimum Gasteiger partial charge on any atom is -0.420 e. The van der Waals surface area contributed by atoms with E-state index in [1.165, 1.54) is 12.4 Å². The van der Waals surface area contributed by atoms with Crippen LogP contribution in [0.25, 0.3) is 11.5 Å². The molecule has 27 heavy (non-hydrogen) atoms. The fourth-order valence-corrected chi connectivity index (χ4v) is 3.36. The van der Waals surface area contributed by atoms with E-state index < -0.39 is 0 Å². The normalized spacial score (nSPS) is 19.6. The Morgan fingerprint density at radius 2 is 1.93 bits per heavy atom. The molecule has 1 aliphatic carbocycles. The molecule has 8 nitrogen and oxygen atoms in total. The molecule has 3 aromatic rings. The van der Waals surface area contributed by atoms with E-state index in [1.807, 2.05) is 12.1 Å². The molecule has 3 aromatic heterocycles. The van der Waals surface area contributed by atoms with Gasteiger partial charge in [-0.25, -0.2) is 4.98 Å². The van der Waals surface area contributed by atoms with Crippen LogP contribution in [0.2, 0.25) is 0 Å². The van der Waals surface area contributed by atoms with Gasteiger partial charge in [-0.05, 0) is 43.7 Å². The van der Waals surface area contributed by atoms with Gasteiger partial charge in [0.1, 0.15) is 5.69 Å². The highest BCUT2D eigenvalue weighted by molar-refractivity contribution is 5.91. The number of pyridine rings is 1. The van der Waals surface area contributed by atoms with Crippen molar-refractivity contribution >= 4 is 5.91 Å². The summed E-state index contributed by atoms with van der Waals surface area (Å²) in [6.07, 6.45) is 11.9. The second-order valence-corrected chi connectivity index (χ2v) is 6.71. The first-order valence-electron chi connectivity index (χ1n) is 9.07. The summed E-state index contributed by atoms with van der Waals surface area (Å²) >= 11 is 0. The maximum atomic E-state index is 12.1. The van der Waals surface area contributed by atoms with Crippen LogP contribution in [0.3, 0.4) is 0 Å². The molecule has 1 N–H and O–H groups in total. The van der Waals surface area contributed by atoms with Gasteiger partial charge in [-0.3, -0.25) is 14.8 Å². The van der Waals surface area contributed by atoms with Gasteiger partial charge in [0, 0.05) is 37.3 Å². The number of carbonyl (C=O) groups excluding carboxylic acids is 1. The number of aromatic nitrogens is 5. The Morgan fingerprint density at radius 1 is 1.07 bits per heavy atom. The Bertz CT molecular complexity index is 875. The second-order valence-electron chi connectivity index (χ2n) is 6.71. The number of hydrogen-bond acceptors (Lipinski definition) is 7. The molecule has 1 saturated carbocycles. The van der Waals surface area contributed by atoms with Crippen molar-refractivity contribution in [1.29, 1.82) is 0 Å². The van der Waals surface area contributed by atoms with Crippen LogP contribution in [0.15, 0.2) is 47.5 Å². The monoisotopic (exact) mass is 364 g/mol. The lowest BCUT2D eigenvalue weighted by Gasteiger charge is -2.26. The Balaban J connectivity index is 1.28. The van der Waals surface area contributed by atoms with Gasteiger partial charge in [0.05, 0.1) is 11.8 Å². The first-order valence-corrected chi connectivity index (χ1v) is 9.07. The molecule has 0 aliphatic heterocycles. The van der Waals surface area contributed by atoms with Gasteiger partial charge in [-0.15, -0.1) is 10.2 Å². The molecule has 4 rings (SSSR count). The third-order valence-corrected chi connectivity index (χ3v) is 4.89. The van der Waals surface area contributed by atoms with E-state index in [0.717, 1.165) is 31.2 Å². The van der Waals surface area contributed by atoms with E-state index >= 15 is 0 Å². The highest BCUT2D eigenvalue weighted by Crippen LogP contribution is 2.35. The van der Waals surface area contributed by atoms with Gasteiger partial charge in [-0.2, -0.15) is 0 Å². The van der Waals surface area contributed by atoms with E-state index in [2.05, 4.69) is 30.5 Å². The summed E-state index contributed by atoms with van der Waals surface area (Å²) in [5, 5.41) is 11.3. The van der Waals surface area contributed by atoms with Gasteiger partial charge in [-0.1, -0.05) is 0 Å². The van der Waals surface area contributed by atoms with Crippen LogP contribution in [-0.4, -0.2) is 37.6 Å². The molecule has 0 atom stereocenters. The topological polar surface area (TPSA) is 107 Å². The summed E-state index contributed by atoms with van der Waals surface area (Å²) < 4.78 is 5.85. The number of amides is 1. The average Bonchev–Trinajstić information content (AvgIpc) is 3.24. The van der Waals surface area contributed by atoms with E-state index in [-0.39, 0.29) is 11.8 Å². The molecule has 8 heteroatoms. The van der Waals surface area contributed by atoms with Gasteiger partial charge >= 0.3 is 0 Å². The molecular weight excluding hydrogens is 344 g/mol. The van der Waals surface area contributed by atoms with Crippen molar-refractivity contribution in [2.45, 2.75) is 31.6 Å². The molecule has 0 bridgehead atoms. The molecule has 1 fully saturated rings. The van der Waals surface area contributed by atoms with Gasteiger partial charge in [0.2, 0.25) is 11.8 Å². The smallest absolute Gasteiger partial charge is 0.271 e. The summed E-state index contributed by atoms with van der Waals surface area (Å²) in [7, 11) is 0. The van der Waals surface area contributed by atoms with Crippen LogP contribution in [0.4, 0.5) is 0 Å². The maximum absolute atomic E-state index is 12.1. The zero-order chi connectivity index (χ0) is 18.5. The summed E-state index contributed by atoms with van der Waals surface area (Å²) in [4.78, 5) is 24.1. The lowest BCUT2D eigenvalue weighted by atomic mass is 9.82. The van der Waals surface area contributed by atoms with E-state index in [1.54, 1.807) is 18.6 Å². The number of nitrogens with one attached hydrogen (secondary N) is 1. The minimum absolute atomic E-state index is 0.178. The van der Waals surface area contributed by atoms with Crippen LogP contribution in [-0.2, 0) is 0 Å². The molecule has 1 amide bonds. The van der Waals surface area contributed by atoms with Crippen molar-refractivity contribution in [3.63, 3.8) is 0 Å². The quantitative estimate of drug-likeness (QED) is 0.741. The number of hydrogen-bond donors (Lipinski definition) is 1. The van der Waals surface area contributed by atoms with Crippen LogP contribution in [0.5, 0.6) is 0 Å². The lowest BCUT2D eigenvalue weighted by Crippen LogP contribution is -2.31. The first kappa shape index (κ1) is 17.3. The Labute approximate surface area is 156 Å². The molecule has 1 aliphatic rings. The SMILES string of the molecule is O=C(NCC1CCC(c2nnc(-c3cccnc3)o2)CC1)c1cnccn1. The molecule has 0 unspecified atom stereocenters. The lowest BCUT2D eigenvalue weighted by molar-refractivity contribution is 0.0937. The largest absolute Gasteiger partial charge is 0.420 e. The van der Waals surface area contributed by atoms with Crippen molar-refractivity contribution in [2.75, 3.05) is 6.54 Å². The minimum atomic E-state index is -0.178. The first-order chi connectivity index (χ1) is 13.3. The van der Waals surface area contributed by atoms with Crippen LogP contribution >= 0.6 is 0 Å². The van der Waals surface area contributed by atoms with Gasteiger partial charge in [0.15, 0.2) is 0 Å². The Hall–Kier alpha value is -3.16. The third kappa shape index (κ3) is 4.16. The van der Waals surface area contributed by atoms with Gasteiger partial charge in [0.25, 0.3) is 5.91 Å². The van der Waals surface area contributed by atoms with Crippen LogP contribution in [0.1, 0.15) is 48.0 Å². The van der Waals surface area contributed by atoms with Crippen molar-refractivity contribution in [3.8, 4) is 11.5 Å². The zero-order valence-corrected chi connectivity index (χ0v) is 14.8. The molecule has 138 valence electrons. The highest BCUT2D eigenvalue weighted by Gasteiger charge is 2.27. The maximum Gasteiger partial charge on any atom is 0.271 e. The van der Waals surface area contributed by atoms with Crippen LogP contribution in [0, 0.1) is 5.92 Å². The van der Waals surface area contributed by atoms with Crippen molar-refractivity contribution in [2.24, 2.45) is 5.92 Å². The summed E-state index contributed by atoms with van der Waals surface area (Å²) in [6, 6.07) is 3.75. The van der Waals surface area contributed by atoms with Gasteiger partial charge < -0.3 is 9.73 Å². The Kier molecular flexibility index (Phi) is 5.13. The third-order valence-electron chi connectivity index (χ3n) is 4.89. The summed E-state index contributed by atoms with van der Waals surface area (Å²) in [6.45, 7) is 0.646. The molecular formula is C19H20N6O2. The van der Waals surface area contributed by atoms with Crippen molar-refractivity contribution in [1.82, 2.24) is 30.5 Å². The Morgan fingerprint density at radius 3 is 2.67 bits per heavy atom. The molecule has 0 radical (unpaired) electrons. The number of nitrogens with zero attached hydrogens (tertiary/aromatic N) is 5. The number of rotatable bonds is 5. The molecule has 0 aromatic carbocycles. The molecule has 3 heterocycles. The highest BCUT2D eigenvalue weighted by atomic mass is 16.4. The van der Waals surface area contributed by atoms with E-state index in [4.69, 9.17) is 4.42 Å². The summed E-state index contributed by atoms with van der Waals surface area (Å²) in [5.74, 6) is 1.74. The fraction of sp³-hybridized carbons (Fsp3) is 0.368. The fourth-order valence-electron chi connectivity index (χ4n) is 3.36. The zero-order valence-electron chi connectivity index (χ0n) is 14.8. The second kappa shape index (κ2) is 8.03. The van der Waals surface area contributed by atoms with E-state index in [9.17, 15) is 4.79 Å². The van der Waals surface area contributed by atoms with Crippen molar-refractivity contribution in [3.05, 3.63) is 54.7 Å². The summed E-state index contributed by atoms with van der Waals surface area (Å²) in [5.41, 5.74) is 1.18. The predicted molar refractivity (Wildman–Crippen MR) is 96.6 cm³/mol. The van der Waals surface area contributed by atoms with E-state index in [0.29, 0.717) is 29.9 Å². The predicted octanol–water partition coefficient (Wildman–Crippen LogP) is 2.63.